The van der Waals surface area contributed by atoms with Gasteiger partial charge in [0.15, 0.2) is 0 Å². The number of hydrogen-bond acceptors (Lipinski definition) is 0. The zero-order valence-corrected chi connectivity index (χ0v) is 26.1. The molecule has 0 N–H and O–H groups in total. The van der Waals surface area contributed by atoms with Gasteiger partial charge in [-0.1, -0.05) is 0 Å². The molecule has 0 radical (unpaired) electrons. The molecule has 0 bridgehead atoms. The van der Waals surface area contributed by atoms with E-state index in [0.717, 1.165) is 0 Å². The van der Waals surface area contributed by atoms with Gasteiger partial charge in [-0.15, -0.1) is 0 Å². The monoisotopic (exact) mass is 758 g/mol. The van der Waals surface area contributed by atoms with E-state index < -0.39 is 0 Å². The van der Waals surface area contributed by atoms with Crippen LogP contribution in [0, 0.1) is 0 Å². The van der Waals surface area contributed by atoms with Crippen molar-refractivity contribution in [2.75, 3.05) is 0 Å². The first-order chi connectivity index (χ1) is 0. The van der Waals surface area contributed by atoms with Crippen molar-refractivity contribution in [3.8, 4) is 0 Å². The molecule has 0 saturated heterocycles. The minimum Gasteiger partial charge on any atom is 0 e. The quantitative estimate of drug-likeness (QED) is 0.256. The zero-order chi connectivity index (χ0) is 0. The second-order valence-corrected chi connectivity index (χ2v) is 0. The fourth-order valence-electron chi connectivity index (χ4n) is 0. The Balaban J connectivity index is 0. The van der Waals surface area contributed by atoms with Gasteiger partial charge >= 0.3 is 47.3 Å². The zero-order valence-electron chi connectivity index (χ0n) is 3.83. The fraction of sp³-hybridized carbons (Fsp3) is 0. The van der Waals surface area contributed by atoms with Crippen molar-refractivity contribution >= 4 is 47.3 Å². The Bertz CT molecular complexity index is 11.5. The summed E-state index contributed by atoms with van der Waals surface area (Å²) in [6.45, 7) is 0. The maximum atomic E-state index is 0. The van der Waals surface area contributed by atoms with E-state index in [1.807, 2.05) is 0 Å². The van der Waals surface area contributed by atoms with Crippen LogP contribution in [0.25, 0.3) is 0 Å². The molecular formula is H4Cd2HgTe2Zn. The summed E-state index contributed by atoms with van der Waals surface area (Å²) in [5, 5.41) is 0. The fourth-order valence-corrected chi connectivity index (χ4v) is 0. The second-order valence-electron chi connectivity index (χ2n) is 0. The Hall–Kier alpha value is 4.98. The van der Waals surface area contributed by atoms with Gasteiger partial charge in [0.25, 0.3) is 0 Å². The van der Waals surface area contributed by atoms with Gasteiger partial charge in [-0.3, -0.25) is 0 Å². The second kappa shape index (κ2) is 32.4. The standard InChI is InChI=1S/2Cd.Hg.2H2Te.Zn/h;;;2*1H2;. The van der Waals surface area contributed by atoms with Crippen LogP contribution in [0.3, 0.4) is 0 Å². The minimum absolute atomic E-state index is 0. The summed E-state index contributed by atoms with van der Waals surface area (Å²) >= 11 is 0. The first kappa shape index (κ1) is 44.1. The molecule has 0 atom stereocenters. The summed E-state index contributed by atoms with van der Waals surface area (Å²) < 4.78 is 0. The van der Waals surface area contributed by atoms with Gasteiger partial charge in [-0.25, -0.2) is 0 Å². The Morgan fingerprint density at radius 3 is 0.667 bits per heavy atom. The van der Waals surface area contributed by atoms with Crippen LogP contribution < -0.4 is 0 Å². The van der Waals surface area contributed by atoms with Crippen LogP contribution in [0.5, 0.6) is 0 Å². The molecule has 0 aromatic rings. The summed E-state index contributed by atoms with van der Waals surface area (Å²) in [6.07, 6.45) is 0. The molecule has 24 valence electrons. The van der Waals surface area contributed by atoms with Crippen LogP contribution >= 0.6 is 0 Å². The minimum atomic E-state index is 0. The molecule has 6 heavy (non-hydrogen) atoms. The van der Waals surface area contributed by atoms with Crippen LogP contribution in [0.2, 0.25) is 0 Å². The molecule has 0 aliphatic carbocycles. The van der Waals surface area contributed by atoms with Gasteiger partial charge in [-0.05, 0) is 0 Å². The largest absolute Gasteiger partial charge is 0 e. The number of rotatable bonds is 0. The average molecular weight is 750 g/mol. The van der Waals surface area contributed by atoms with Crippen molar-refractivity contribution in [3.63, 3.8) is 0 Å². The van der Waals surface area contributed by atoms with E-state index in [1.54, 1.807) is 0 Å². The molecule has 6 heteroatoms. The van der Waals surface area contributed by atoms with E-state index in [2.05, 4.69) is 0 Å². The molecule has 0 fully saturated rings. The molecule has 0 aliphatic heterocycles. The Labute approximate surface area is 145 Å². The van der Waals surface area contributed by atoms with E-state index >= 15 is 0 Å². The molecule has 0 aromatic carbocycles. The van der Waals surface area contributed by atoms with Crippen molar-refractivity contribution in [2.24, 2.45) is 0 Å². The van der Waals surface area contributed by atoms with Crippen LogP contribution in [0.15, 0.2) is 0 Å². The molecule has 0 nitrogen and oxygen atoms in total. The van der Waals surface area contributed by atoms with Crippen LogP contribution in [-0.4, -0.2) is 47.3 Å². The molecular weight excluding hydrogens is 746 g/mol. The predicted molar refractivity (Wildman–Crippen MR) is 17.1 cm³/mol. The predicted octanol–water partition coefficient (Wildman–Crippen LogP) is -1.84. The Kier molecular flexibility index (Phi) is 238. The Morgan fingerprint density at radius 2 is 0.667 bits per heavy atom. The van der Waals surface area contributed by atoms with Gasteiger partial charge < -0.3 is 0 Å². The van der Waals surface area contributed by atoms with Gasteiger partial charge in [0.05, 0.1) is 0 Å². The SMILES string of the molecule is [Cd].[Cd].[Hg].[TeH2].[TeH2].[Zn]. The maximum absolute atomic E-state index is 0. The van der Waals surface area contributed by atoms with Crippen molar-refractivity contribution in [2.45, 2.75) is 0 Å². The van der Waals surface area contributed by atoms with Crippen molar-refractivity contribution in [3.05, 3.63) is 0 Å². The molecule has 0 amide bonds. The molecule has 0 saturated carbocycles. The normalized spacial score (nSPS) is 0. The molecule has 0 spiro atoms. The summed E-state index contributed by atoms with van der Waals surface area (Å²) in [4.78, 5) is 0. The Morgan fingerprint density at radius 1 is 0.667 bits per heavy atom. The first-order valence-corrected chi connectivity index (χ1v) is 0. The van der Waals surface area contributed by atoms with E-state index in [1.165, 1.54) is 0 Å². The summed E-state index contributed by atoms with van der Waals surface area (Å²) in [5.74, 6) is 0. The van der Waals surface area contributed by atoms with E-state index in [4.69, 9.17) is 0 Å². The van der Waals surface area contributed by atoms with E-state index in [0.29, 0.717) is 0 Å². The summed E-state index contributed by atoms with van der Waals surface area (Å²) in [6, 6.07) is 0. The number of hydrogen-bond donors (Lipinski definition) is 0. The smallest absolute Gasteiger partial charge is 0 e. The van der Waals surface area contributed by atoms with E-state index in [9.17, 15) is 0 Å². The topological polar surface area (TPSA) is 0 Å². The molecule has 0 rings (SSSR count). The van der Waals surface area contributed by atoms with Crippen molar-refractivity contribution < 1.29 is 102 Å². The molecule has 0 aromatic heterocycles. The molecule has 0 unspecified atom stereocenters. The van der Waals surface area contributed by atoms with Gasteiger partial charge in [0.1, 0.15) is 0 Å². The van der Waals surface area contributed by atoms with Crippen molar-refractivity contribution in [1.29, 1.82) is 0 Å². The maximum Gasteiger partial charge on any atom is 0 e. The van der Waals surface area contributed by atoms with Gasteiger partial charge in [0, 0.05) is 102 Å². The summed E-state index contributed by atoms with van der Waals surface area (Å²) in [7, 11) is 0. The van der Waals surface area contributed by atoms with Crippen molar-refractivity contribution in [1.82, 2.24) is 0 Å². The van der Waals surface area contributed by atoms with Gasteiger partial charge in [0.2, 0.25) is 0 Å². The third-order valence-corrected chi connectivity index (χ3v) is 0. The molecule has 0 aliphatic rings. The molecule has 0 heterocycles. The van der Waals surface area contributed by atoms with Crippen LogP contribution in [0.1, 0.15) is 0 Å². The third-order valence-electron chi connectivity index (χ3n) is 0. The van der Waals surface area contributed by atoms with E-state index in [-0.39, 0.29) is 149 Å². The average Bonchev–Trinajstić information content (AvgIpc) is 0. The van der Waals surface area contributed by atoms with Crippen LogP contribution in [-0.2, 0) is 102 Å². The first-order valence-electron chi connectivity index (χ1n) is 0. The van der Waals surface area contributed by atoms with Gasteiger partial charge in [-0.2, -0.15) is 0 Å². The third kappa shape index (κ3) is 23.1. The summed E-state index contributed by atoms with van der Waals surface area (Å²) in [5.41, 5.74) is 0. The van der Waals surface area contributed by atoms with Crippen LogP contribution in [0.4, 0.5) is 0 Å².